The summed E-state index contributed by atoms with van der Waals surface area (Å²) in [5.74, 6) is -0.0000449. The van der Waals surface area contributed by atoms with Gasteiger partial charge in [-0.05, 0) is 48.4 Å². The van der Waals surface area contributed by atoms with Gasteiger partial charge in [0, 0.05) is 12.3 Å². The van der Waals surface area contributed by atoms with Gasteiger partial charge in [0.25, 0.3) is 17.2 Å². The molecule has 3 rings (SSSR count). The molecule has 1 heterocycles. The van der Waals surface area contributed by atoms with Crippen molar-refractivity contribution in [1.82, 2.24) is 4.57 Å². The molecular weight excluding hydrogens is 374 g/mol. The van der Waals surface area contributed by atoms with Gasteiger partial charge in [-0.25, -0.2) is 0 Å². The zero-order valence-electron chi connectivity index (χ0n) is 15.9. The number of nitrogens with zero attached hydrogens (tertiary/aromatic N) is 2. The van der Waals surface area contributed by atoms with Gasteiger partial charge < -0.3 is 14.6 Å². The van der Waals surface area contributed by atoms with Gasteiger partial charge in [-0.2, -0.15) is 0 Å². The Balaban J connectivity index is 1.86. The van der Waals surface area contributed by atoms with Crippen LogP contribution in [0.15, 0.2) is 65.6 Å². The van der Waals surface area contributed by atoms with Crippen molar-refractivity contribution in [3.05, 3.63) is 98.0 Å². The lowest BCUT2D eigenvalue weighted by atomic mass is 10.1. The first-order valence-electron chi connectivity index (χ1n) is 8.78. The first-order chi connectivity index (χ1) is 13.9. The Bertz CT molecular complexity index is 1120. The number of nitro groups is 1. The molecule has 0 spiro atoms. The number of nitro benzene ring substituents is 1. The van der Waals surface area contributed by atoms with Crippen LogP contribution in [-0.4, -0.2) is 22.5 Å². The molecule has 1 N–H and O–H groups in total. The molecule has 0 aliphatic carbocycles. The van der Waals surface area contributed by atoms with Crippen LogP contribution in [0.2, 0.25) is 0 Å². The number of ether oxygens (including phenoxy) is 1. The summed E-state index contributed by atoms with van der Waals surface area (Å²) in [6.45, 7) is 1.99. The summed E-state index contributed by atoms with van der Waals surface area (Å²) in [6.07, 6.45) is 1.58. The molecular formula is C21H19N3O5. The Morgan fingerprint density at radius 2 is 1.90 bits per heavy atom. The number of pyridine rings is 1. The molecule has 0 atom stereocenters. The van der Waals surface area contributed by atoms with Gasteiger partial charge in [-0.1, -0.05) is 18.2 Å². The molecule has 0 unspecified atom stereocenters. The van der Waals surface area contributed by atoms with E-state index in [0.29, 0.717) is 11.3 Å². The van der Waals surface area contributed by atoms with Gasteiger partial charge in [0.2, 0.25) is 0 Å². The van der Waals surface area contributed by atoms with E-state index in [1.165, 1.54) is 22.8 Å². The molecule has 0 radical (unpaired) electrons. The fraction of sp³-hybridized carbons (Fsp3) is 0.143. The molecule has 2 aromatic carbocycles. The van der Waals surface area contributed by atoms with Gasteiger partial charge >= 0.3 is 0 Å². The smallest absolute Gasteiger partial charge is 0.293 e. The van der Waals surface area contributed by atoms with Gasteiger partial charge in [0.05, 0.1) is 18.6 Å². The lowest BCUT2D eigenvalue weighted by Gasteiger charge is -2.10. The molecule has 3 aromatic rings. The van der Waals surface area contributed by atoms with Crippen LogP contribution in [0.3, 0.4) is 0 Å². The standard InChI is InChI=1S/C21H19N3O5/c1-14-5-10-18(19(12-14)24(27)28)22-20(25)17-4-3-11-23(21(17)26)13-15-6-8-16(29-2)9-7-15/h3-12H,13H2,1-2H3,(H,22,25). The molecule has 0 saturated heterocycles. The number of aryl methyl sites for hydroxylation is 1. The number of hydrogen-bond acceptors (Lipinski definition) is 5. The second kappa shape index (κ2) is 8.39. The zero-order chi connectivity index (χ0) is 21.0. The highest BCUT2D eigenvalue weighted by Gasteiger charge is 2.19. The highest BCUT2D eigenvalue weighted by molar-refractivity contribution is 6.05. The Morgan fingerprint density at radius 1 is 1.17 bits per heavy atom. The number of carbonyl (C=O) groups is 1. The second-order valence-electron chi connectivity index (χ2n) is 6.43. The van der Waals surface area contributed by atoms with Crippen LogP contribution < -0.4 is 15.6 Å². The summed E-state index contributed by atoms with van der Waals surface area (Å²) in [6, 6.07) is 14.7. The fourth-order valence-corrected chi connectivity index (χ4v) is 2.85. The minimum atomic E-state index is -0.703. The van der Waals surface area contributed by atoms with E-state index in [1.807, 2.05) is 12.1 Å². The lowest BCUT2D eigenvalue weighted by molar-refractivity contribution is -0.384. The number of benzene rings is 2. The van der Waals surface area contributed by atoms with Crippen LogP contribution in [0.5, 0.6) is 5.75 Å². The molecule has 0 aliphatic rings. The van der Waals surface area contributed by atoms with Gasteiger partial charge in [0.15, 0.2) is 0 Å². The van der Waals surface area contributed by atoms with E-state index in [1.54, 1.807) is 44.5 Å². The van der Waals surface area contributed by atoms with E-state index in [2.05, 4.69) is 5.32 Å². The first-order valence-corrected chi connectivity index (χ1v) is 8.78. The van der Waals surface area contributed by atoms with Gasteiger partial charge in [-0.15, -0.1) is 0 Å². The van der Waals surface area contributed by atoms with Crippen molar-refractivity contribution < 1.29 is 14.5 Å². The Labute approximate surface area is 166 Å². The lowest BCUT2D eigenvalue weighted by Crippen LogP contribution is -2.29. The van der Waals surface area contributed by atoms with E-state index in [0.717, 1.165) is 5.56 Å². The van der Waals surface area contributed by atoms with E-state index in [-0.39, 0.29) is 23.5 Å². The number of amides is 1. The minimum Gasteiger partial charge on any atom is -0.497 e. The number of nitrogens with one attached hydrogen (secondary N) is 1. The van der Waals surface area contributed by atoms with Crippen molar-refractivity contribution in [1.29, 1.82) is 0 Å². The average molecular weight is 393 g/mol. The summed E-state index contributed by atoms with van der Waals surface area (Å²) < 4.78 is 6.52. The summed E-state index contributed by atoms with van der Waals surface area (Å²) in [5.41, 5.74) is 0.769. The van der Waals surface area contributed by atoms with Crippen LogP contribution in [-0.2, 0) is 6.54 Å². The molecule has 29 heavy (non-hydrogen) atoms. The highest BCUT2D eigenvalue weighted by Crippen LogP contribution is 2.25. The fourth-order valence-electron chi connectivity index (χ4n) is 2.85. The number of hydrogen-bond donors (Lipinski definition) is 1. The molecule has 148 valence electrons. The van der Waals surface area contributed by atoms with Crippen molar-refractivity contribution in [3.63, 3.8) is 0 Å². The van der Waals surface area contributed by atoms with Crippen LogP contribution in [0.1, 0.15) is 21.5 Å². The SMILES string of the molecule is COc1ccc(Cn2cccc(C(=O)Nc3ccc(C)cc3[N+](=O)[O-])c2=O)cc1. The predicted molar refractivity (Wildman–Crippen MR) is 109 cm³/mol. The maximum absolute atomic E-state index is 12.7. The third-order valence-electron chi connectivity index (χ3n) is 4.37. The quantitative estimate of drug-likeness (QED) is 0.511. The maximum Gasteiger partial charge on any atom is 0.293 e. The Kier molecular flexibility index (Phi) is 5.73. The summed E-state index contributed by atoms with van der Waals surface area (Å²) in [4.78, 5) is 36.0. The third-order valence-corrected chi connectivity index (χ3v) is 4.37. The first kappa shape index (κ1) is 19.8. The molecule has 0 saturated carbocycles. The normalized spacial score (nSPS) is 10.4. The molecule has 0 fully saturated rings. The predicted octanol–water partition coefficient (Wildman–Crippen LogP) is 3.37. The van der Waals surface area contributed by atoms with Crippen LogP contribution >= 0.6 is 0 Å². The molecule has 1 aromatic heterocycles. The second-order valence-corrected chi connectivity index (χ2v) is 6.43. The van der Waals surface area contributed by atoms with E-state index in [4.69, 9.17) is 4.74 Å². The number of aromatic nitrogens is 1. The average Bonchev–Trinajstić information content (AvgIpc) is 2.71. The van der Waals surface area contributed by atoms with Crippen molar-refractivity contribution in [3.8, 4) is 5.75 Å². The van der Waals surface area contributed by atoms with Crippen molar-refractivity contribution in [2.24, 2.45) is 0 Å². The van der Waals surface area contributed by atoms with Crippen LogP contribution in [0, 0.1) is 17.0 Å². The van der Waals surface area contributed by atoms with Crippen molar-refractivity contribution >= 4 is 17.3 Å². The van der Waals surface area contributed by atoms with Crippen LogP contribution in [0.4, 0.5) is 11.4 Å². The summed E-state index contributed by atoms with van der Waals surface area (Å²) in [7, 11) is 1.57. The summed E-state index contributed by atoms with van der Waals surface area (Å²) in [5, 5.41) is 13.7. The third kappa shape index (κ3) is 4.49. The van der Waals surface area contributed by atoms with Gasteiger partial charge in [-0.3, -0.25) is 19.7 Å². The number of rotatable bonds is 6. The van der Waals surface area contributed by atoms with Crippen molar-refractivity contribution in [2.75, 3.05) is 12.4 Å². The van der Waals surface area contributed by atoms with Crippen molar-refractivity contribution in [2.45, 2.75) is 13.5 Å². The van der Waals surface area contributed by atoms with E-state index < -0.39 is 16.4 Å². The minimum absolute atomic E-state index is 0.0376. The molecule has 1 amide bonds. The molecule has 8 heteroatoms. The molecule has 0 aliphatic heterocycles. The molecule has 0 bridgehead atoms. The number of carbonyl (C=O) groups excluding carboxylic acids is 1. The topological polar surface area (TPSA) is 103 Å². The maximum atomic E-state index is 12.7. The monoisotopic (exact) mass is 393 g/mol. The van der Waals surface area contributed by atoms with E-state index in [9.17, 15) is 19.7 Å². The van der Waals surface area contributed by atoms with Gasteiger partial charge in [0.1, 0.15) is 17.0 Å². The number of methoxy groups -OCH3 is 1. The molecule has 8 nitrogen and oxygen atoms in total. The largest absolute Gasteiger partial charge is 0.497 e. The van der Waals surface area contributed by atoms with E-state index >= 15 is 0 Å². The Morgan fingerprint density at radius 3 is 2.55 bits per heavy atom. The van der Waals surface area contributed by atoms with Crippen LogP contribution in [0.25, 0.3) is 0 Å². The Hall–Kier alpha value is -3.94. The summed E-state index contributed by atoms with van der Waals surface area (Å²) >= 11 is 0. The highest BCUT2D eigenvalue weighted by atomic mass is 16.6. The zero-order valence-corrected chi connectivity index (χ0v) is 15.9. The number of anilines is 1.